The fraction of sp³-hybridized carbons (Fsp3) is 0.647. The van der Waals surface area contributed by atoms with Crippen molar-refractivity contribution < 1.29 is 0 Å². The first-order valence-corrected chi connectivity index (χ1v) is 8.31. The van der Waals surface area contributed by atoms with Crippen LogP contribution in [-0.2, 0) is 12.8 Å². The average Bonchev–Trinajstić information content (AvgIpc) is 2.83. The van der Waals surface area contributed by atoms with Crippen molar-refractivity contribution in [2.45, 2.75) is 72.1 Å². The van der Waals surface area contributed by atoms with Crippen LogP contribution in [0.15, 0.2) is 6.07 Å². The van der Waals surface area contributed by atoms with Gasteiger partial charge in [0.05, 0.1) is 5.69 Å². The lowest BCUT2D eigenvalue weighted by Gasteiger charge is -2.12. The standard InChI is InChI=1S/C17H28N4/c1-4-6-7-8-9-11-14-15(10-5-2)19-16-12-13(3)20-21(16)17(14)18/h12H,4-11,18H2,1-3H3. The van der Waals surface area contributed by atoms with Gasteiger partial charge in [-0.1, -0.05) is 46.0 Å². The molecule has 0 amide bonds. The van der Waals surface area contributed by atoms with E-state index in [1.165, 1.54) is 37.7 Å². The molecule has 0 saturated carbocycles. The lowest BCUT2D eigenvalue weighted by atomic mass is 10.0. The Hall–Kier alpha value is -1.58. The van der Waals surface area contributed by atoms with Crippen molar-refractivity contribution in [3.8, 4) is 0 Å². The summed E-state index contributed by atoms with van der Waals surface area (Å²) in [7, 11) is 0. The van der Waals surface area contributed by atoms with Crippen LogP contribution in [0.1, 0.15) is 69.3 Å². The van der Waals surface area contributed by atoms with E-state index in [2.05, 4.69) is 18.9 Å². The van der Waals surface area contributed by atoms with Gasteiger partial charge >= 0.3 is 0 Å². The molecule has 2 N–H and O–H groups in total. The molecule has 0 bridgehead atoms. The lowest BCUT2D eigenvalue weighted by Crippen LogP contribution is -2.10. The number of aryl methyl sites for hydroxylation is 2. The molecular formula is C17H28N4. The SMILES string of the molecule is CCCCCCCc1c(CCC)nc2cc(C)nn2c1N. The third kappa shape index (κ3) is 3.74. The number of anilines is 1. The number of rotatable bonds is 8. The Morgan fingerprint density at radius 3 is 2.52 bits per heavy atom. The van der Waals surface area contributed by atoms with Crippen molar-refractivity contribution in [3.63, 3.8) is 0 Å². The van der Waals surface area contributed by atoms with E-state index < -0.39 is 0 Å². The summed E-state index contributed by atoms with van der Waals surface area (Å²) in [5.74, 6) is 0.784. The predicted octanol–water partition coefficient (Wildman–Crippen LogP) is 4.09. The lowest BCUT2D eigenvalue weighted by molar-refractivity contribution is 0.628. The molecule has 0 aromatic carbocycles. The minimum atomic E-state index is 0.784. The van der Waals surface area contributed by atoms with Gasteiger partial charge in [0.15, 0.2) is 5.65 Å². The molecular weight excluding hydrogens is 260 g/mol. The van der Waals surface area contributed by atoms with E-state index in [0.29, 0.717) is 0 Å². The van der Waals surface area contributed by atoms with Crippen molar-refractivity contribution in [3.05, 3.63) is 23.0 Å². The van der Waals surface area contributed by atoms with Crippen molar-refractivity contribution in [2.75, 3.05) is 5.73 Å². The number of unbranched alkanes of at least 4 members (excludes halogenated alkanes) is 4. The molecule has 21 heavy (non-hydrogen) atoms. The van der Waals surface area contributed by atoms with Crippen LogP contribution in [0.4, 0.5) is 5.82 Å². The van der Waals surface area contributed by atoms with Crippen molar-refractivity contribution in [1.29, 1.82) is 0 Å². The summed E-state index contributed by atoms with van der Waals surface area (Å²) in [5.41, 5.74) is 10.6. The maximum atomic E-state index is 6.36. The highest BCUT2D eigenvalue weighted by Gasteiger charge is 2.13. The summed E-state index contributed by atoms with van der Waals surface area (Å²) < 4.78 is 1.80. The van der Waals surface area contributed by atoms with E-state index in [1.54, 1.807) is 4.52 Å². The first kappa shape index (κ1) is 15.8. The molecule has 2 rings (SSSR count). The maximum Gasteiger partial charge on any atom is 0.157 e. The van der Waals surface area contributed by atoms with Crippen molar-refractivity contribution >= 4 is 11.5 Å². The Bertz CT molecular complexity index is 586. The van der Waals surface area contributed by atoms with E-state index in [-0.39, 0.29) is 0 Å². The van der Waals surface area contributed by atoms with Crippen LogP contribution in [0.2, 0.25) is 0 Å². The zero-order valence-electron chi connectivity index (χ0n) is 13.7. The van der Waals surface area contributed by atoms with E-state index >= 15 is 0 Å². The van der Waals surface area contributed by atoms with E-state index in [0.717, 1.165) is 42.1 Å². The van der Waals surface area contributed by atoms with Gasteiger partial charge in [0, 0.05) is 17.3 Å². The second-order valence-electron chi connectivity index (χ2n) is 5.89. The van der Waals surface area contributed by atoms with Crippen LogP contribution < -0.4 is 5.73 Å². The van der Waals surface area contributed by atoms with Crippen LogP contribution in [0, 0.1) is 6.92 Å². The van der Waals surface area contributed by atoms with Gasteiger partial charge in [-0.05, 0) is 26.2 Å². The molecule has 0 aliphatic heterocycles. The van der Waals surface area contributed by atoms with E-state index in [1.807, 2.05) is 13.0 Å². The summed E-state index contributed by atoms with van der Waals surface area (Å²) in [4.78, 5) is 4.78. The summed E-state index contributed by atoms with van der Waals surface area (Å²) >= 11 is 0. The quantitative estimate of drug-likeness (QED) is 0.744. The van der Waals surface area contributed by atoms with Gasteiger partial charge in [-0.2, -0.15) is 9.61 Å². The molecule has 4 nitrogen and oxygen atoms in total. The van der Waals surface area contributed by atoms with Crippen molar-refractivity contribution in [2.24, 2.45) is 0 Å². The smallest absolute Gasteiger partial charge is 0.157 e. The molecule has 116 valence electrons. The molecule has 0 spiro atoms. The number of hydrogen-bond donors (Lipinski definition) is 1. The Labute approximate surface area is 127 Å². The molecule has 0 atom stereocenters. The largest absolute Gasteiger partial charge is 0.383 e. The third-order valence-electron chi connectivity index (χ3n) is 3.97. The molecule has 2 aromatic rings. The maximum absolute atomic E-state index is 6.36. The summed E-state index contributed by atoms with van der Waals surface area (Å²) in [5, 5.41) is 4.46. The van der Waals surface area contributed by atoms with Gasteiger partial charge in [-0.15, -0.1) is 0 Å². The van der Waals surface area contributed by atoms with Gasteiger partial charge in [-0.25, -0.2) is 4.98 Å². The van der Waals surface area contributed by atoms with Gasteiger partial charge in [0.2, 0.25) is 0 Å². The molecule has 0 saturated heterocycles. The predicted molar refractivity (Wildman–Crippen MR) is 88.6 cm³/mol. The summed E-state index contributed by atoms with van der Waals surface area (Å²) in [6.07, 6.45) is 9.50. The zero-order valence-corrected chi connectivity index (χ0v) is 13.7. The van der Waals surface area contributed by atoms with Crippen LogP contribution in [-0.4, -0.2) is 14.6 Å². The molecule has 0 aliphatic rings. The fourth-order valence-electron chi connectivity index (χ4n) is 2.85. The fourth-order valence-corrected chi connectivity index (χ4v) is 2.85. The first-order valence-electron chi connectivity index (χ1n) is 8.31. The Morgan fingerprint density at radius 1 is 1.05 bits per heavy atom. The summed E-state index contributed by atoms with van der Waals surface area (Å²) in [6, 6.07) is 2.00. The second kappa shape index (κ2) is 7.43. The third-order valence-corrected chi connectivity index (χ3v) is 3.97. The number of hydrogen-bond acceptors (Lipinski definition) is 3. The topological polar surface area (TPSA) is 56.2 Å². The van der Waals surface area contributed by atoms with Crippen LogP contribution in [0.25, 0.3) is 5.65 Å². The zero-order chi connectivity index (χ0) is 15.2. The minimum absolute atomic E-state index is 0.784. The van der Waals surface area contributed by atoms with Crippen LogP contribution >= 0.6 is 0 Å². The van der Waals surface area contributed by atoms with Gasteiger partial charge in [-0.3, -0.25) is 0 Å². The number of nitrogens with two attached hydrogens (primary N) is 1. The Morgan fingerprint density at radius 2 is 1.81 bits per heavy atom. The van der Waals surface area contributed by atoms with E-state index in [4.69, 9.17) is 10.7 Å². The molecule has 0 unspecified atom stereocenters. The molecule has 4 heteroatoms. The van der Waals surface area contributed by atoms with Gasteiger partial charge in [0.1, 0.15) is 5.82 Å². The van der Waals surface area contributed by atoms with Crippen LogP contribution in [0.5, 0.6) is 0 Å². The highest BCUT2D eigenvalue weighted by molar-refractivity contribution is 5.53. The average molecular weight is 288 g/mol. The van der Waals surface area contributed by atoms with Crippen molar-refractivity contribution in [1.82, 2.24) is 14.6 Å². The van der Waals surface area contributed by atoms with Gasteiger partial charge < -0.3 is 5.73 Å². The second-order valence-corrected chi connectivity index (χ2v) is 5.89. The highest BCUT2D eigenvalue weighted by atomic mass is 15.3. The number of nitrogens with zero attached hydrogens (tertiary/aromatic N) is 3. The number of fused-ring (bicyclic) bond motifs is 1. The van der Waals surface area contributed by atoms with E-state index in [9.17, 15) is 0 Å². The normalized spacial score (nSPS) is 11.4. The Kier molecular flexibility index (Phi) is 5.59. The number of aromatic nitrogens is 3. The minimum Gasteiger partial charge on any atom is -0.383 e. The molecule has 2 heterocycles. The number of nitrogen functional groups attached to an aromatic ring is 1. The van der Waals surface area contributed by atoms with Crippen LogP contribution in [0.3, 0.4) is 0 Å². The highest BCUT2D eigenvalue weighted by Crippen LogP contribution is 2.22. The molecule has 0 fully saturated rings. The molecule has 2 aromatic heterocycles. The monoisotopic (exact) mass is 288 g/mol. The summed E-state index contributed by atoms with van der Waals surface area (Å²) in [6.45, 7) is 6.42. The molecule has 0 aliphatic carbocycles. The first-order chi connectivity index (χ1) is 10.2. The Balaban J connectivity index is 2.22. The van der Waals surface area contributed by atoms with Gasteiger partial charge in [0.25, 0.3) is 0 Å². The molecule has 0 radical (unpaired) electrons.